The van der Waals surface area contributed by atoms with Gasteiger partial charge in [-0.05, 0) is 30.9 Å². The Labute approximate surface area is 127 Å². The molecular formula is C14H15Cl2NO3. The summed E-state index contributed by atoms with van der Waals surface area (Å²) in [5, 5.41) is 11.9. The molecule has 0 aliphatic heterocycles. The fraction of sp³-hybridized carbons (Fsp3) is 0.429. The van der Waals surface area contributed by atoms with E-state index in [1.807, 2.05) is 6.92 Å². The lowest BCUT2D eigenvalue weighted by Crippen LogP contribution is -2.24. The number of amides is 1. The van der Waals surface area contributed by atoms with Crippen molar-refractivity contribution in [3.05, 3.63) is 27.7 Å². The number of carboxylic acids is 1. The van der Waals surface area contributed by atoms with Crippen molar-refractivity contribution in [1.29, 1.82) is 0 Å². The lowest BCUT2D eigenvalue weighted by Gasteiger charge is -2.17. The van der Waals surface area contributed by atoms with E-state index < -0.39 is 5.97 Å². The third kappa shape index (κ3) is 3.07. The highest BCUT2D eigenvalue weighted by atomic mass is 35.5. The van der Waals surface area contributed by atoms with E-state index in [1.165, 1.54) is 12.1 Å². The molecule has 1 saturated carbocycles. The fourth-order valence-electron chi connectivity index (χ4n) is 2.57. The summed E-state index contributed by atoms with van der Waals surface area (Å²) in [6.45, 7) is 2.05. The molecule has 1 aliphatic rings. The maximum Gasteiger partial charge on any atom is 0.335 e. The van der Waals surface area contributed by atoms with Gasteiger partial charge in [-0.2, -0.15) is 0 Å². The number of anilines is 1. The Balaban J connectivity index is 2.21. The van der Waals surface area contributed by atoms with Gasteiger partial charge in [0.2, 0.25) is 5.91 Å². The third-order valence-electron chi connectivity index (χ3n) is 3.74. The van der Waals surface area contributed by atoms with Crippen molar-refractivity contribution in [3.63, 3.8) is 0 Å². The molecule has 2 rings (SSSR count). The first-order valence-corrected chi connectivity index (χ1v) is 7.19. The van der Waals surface area contributed by atoms with Crippen LogP contribution in [0.2, 0.25) is 10.0 Å². The van der Waals surface area contributed by atoms with E-state index in [0.717, 1.165) is 19.3 Å². The zero-order chi connectivity index (χ0) is 14.9. The van der Waals surface area contributed by atoms with Crippen LogP contribution >= 0.6 is 23.2 Å². The number of aromatic carboxylic acids is 1. The van der Waals surface area contributed by atoms with E-state index in [1.54, 1.807) is 0 Å². The van der Waals surface area contributed by atoms with Crippen LogP contribution in [0, 0.1) is 11.8 Å². The molecule has 0 aromatic heterocycles. The number of hydrogen-bond donors (Lipinski definition) is 2. The Kier molecular flexibility index (Phi) is 4.55. The number of carbonyl (C=O) groups is 2. The van der Waals surface area contributed by atoms with Crippen LogP contribution in [-0.4, -0.2) is 17.0 Å². The fourth-order valence-corrected chi connectivity index (χ4v) is 3.15. The molecule has 20 heavy (non-hydrogen) atoms. The highest BCUT2D eigenvalue weighted by Gasteiger charge is 2.30. The van der Waals surface area contributed by atoms with Crippen LogP contribution in [-0.2, 0) is 4.79 Å². The molecule has 1 aromatic carbocycles. The molecule has 0 radical (unpaired) electrons. The quantitative estimate of drug-likeness (QED) is 0.883. The van der Waals surface area contributed by atoms with E-state index in [-0.39, 0.29) is 33.1 Å². The number of nitrogens with one attached hydrogen (secondary N) is 1. The highest BCUT2D eigenvalue weighted by Crippen LogP contribution is 2.35. The van der Waals surface area contributed by atoms with E-state index in [0.29, 0.717) is 5.92 Å². The van der Waals surface area contributed by atoms with Gasteiger partial charge in [0.15, 0.2) is 0 Å². The van der Waals surface area contributed by atoms with Crippen LogP contribution in [0.15, 0.2) is 12.1 Å². The Morgan fingerprint density at radius 1 is 1.25 bits per heavy atom. The molecule has 6 heteroatoms. The van der Waals surface area contributed by atoms with E-state index >= 15 is 0 Å². The second-order valence-corrected chi connectivity index (χ2v) is 5.94. The standard InChI is InChI=1S/C14H15Cl2NO3/c1-7-3-2-4-9(7)13(18)17-12-10(15)5-8(14(19)20)6-11(12)16/h5-7,9H,2-4H2,1H3,(H,17,18)(H,19,20). The molecule has 0 spiro atoms. The molecule has 2 unspecified atom stereocenters. The first-order chi connectivity index (χ1) is 9.40. The summed E-state index contributed by atoms with van der Waals surface area (Å²) in [6.07, 6.45) is 2.94. The molecule has 2 N–H and O–H groups in total. The topological polar surface area (TPSA) is 66.4 Å². The van der Waals surface area contributed by atoms with Crippen molar-refractivity contribution in [3.8, 4) is 0 Å². The monoisotopic (exact) mass is 315 g/mol. The van der Waals surface area contributed by atoms with Gasteiger partial charge in [0.1, 0.15) is 0 Å². The average Bonchev–Trinajstić information content (AvgIpc) is 2.79. The first kappa shape index (κ1) is 15.1. The third-order valence-corrected chi connectivity index (χ3v) is 4.33. The Morgan fingerprint density at radius 2 is 1.85 bits per heavy atom. The number of carboxylic acid groups (broad SMARTS) is 1. The zero-order valence-electron chi connectivity index (χ0n) is 11.0. The molecule has 0 bridgehead atoms. The van der Waals surface area contributed by atoms with Crippen molar-refractivity contribution < 1.29 is 14.7 Å². The lowest BCUT2D eigenvalue weighted by molar-refractivity contribution is -0.120. The Hall–Kier alpha value is -1.26. The minimum atomic E-state index is -1.11. The van der Waals surface area contributed by atoms with Crippen LogP contribution in [0.25, 0.3) is 0 Å². The Bertz CT molecular complexity index is 536. The van der Waals surface area contributed by atoms with Gasteiger partial charge in [0.25, 0.3) is 0 Å². The van der Waals surface area contributed by atoms with E-state index in [2.05, 4.69) is 5.32 Å². The summed E-state index contributed by atoms with van der Waals surface area (Å²) >= 11 is 12.0. The van der Waals surface area contributed by atoms with Crippen molar-refractivity contribution in [2.24, 2.45) is 11.8 Å². The van der Waals surface area contributed by atoms with Crippen LogP contribution in [0.4, 0.5) is 5.69 Å². The number of benzene rings is 1. The number of carbonyl (C=O) groups excluding carboxylic acids is 1. The summed E-state index contributed by atoms with van der Waals surface area (Å²) < 4.78 is 0. The summed E-state index contributed by atoms with van der Waals surface area (Å²) in [6, 6.07) is 2.56. The predicted molar refractivity (Wildman–Crippen MR) is 78.6 cm³/mol. The van der Waals surface area contributed by atoms with Gasteiger partial charge in [-0.25, -0.2) is 4.79 Å². The van der Waals surface area contributed by atoms with Gasteiger partial charge in [0.05, 0.1) is 21.3 Å². The summed E-state index contributed by atoms with van der Waals surface area (Å²) in [5.74, 6) is -0.926. The van der Waals surface area contributed by atoms with Crippen LogP contribution in [0.3, 0.4) is 0 Å². The molecule has 108 valence electrons. The van der Waals surface area contributed by atoms with Crippen molar-refractivity contribution in [2.75, 3.05) is 5.32 Å². The van der Waals surface area contributed by atoms with Gasteiger partial charge in [-0.1, -0.05) is 36.5 Å². The minimum Gasteiger partial charge on any atom is -0.478 e. The van der Waals surface area contributed by atoms with Gasteiger partial charge < -0.3 is 10.4 Å². The molecule has 2 atom stereocenters. The molecular weight excluding hydrogens is 301 g/mol. The highest BCUT2D eigenvalue weighted by molar-refractivity contribution is 6.40. The summed E-state index contributed by atoms with van der Waals surface area (Å²) in [4.78, 5) is 23.1. The number of halogens is 2. The van der Waals surface area contributed by atoms with E-state index in [9.17, 15) is 9.59 Å². The van der Waals surface area contributed by atoms with Gasteiger partial charge in [-0.3, -0.25) is 4.79 Å². The minimum absolute atomic E-state index is 0.00719. The average molecular weight is 316 g/mol. The molecule has 1 fully saturated rings. The second kappa shape index (κ2) is 6.02. The van der Waals surface area contributed by atoms with Crippen LogP contribution in [0.1, 0.15) is 36.5 Å². The zero-order valence-corrected chi connectivity index (χ0v) is 12.5. The molecule has 1 amide bonds. The molecule has 0 saturated heterocycles. The summed E-state index contributed by atoms with van der Waals surface area (Å²) in [7, 11) is 0. The van der Waals surface area contributed by atoms with Crippen LogP contribution < -0.4 is 5.32 Å². The van der Waals surface area contributed by atoms with Gasteiger partial charge in [0, 0.05) is 5.92 Å². The normalized spacial score (nSPS) is 21.8. The molecule has 4 nitrogen and oxygen atoms in total. The van der Waals surface area contributed by atoms with Gasteiger partial charge in [-0.15, -0.1) is 0 Å². The molecule has 0 heterocycles. The second-order valence-electron chi connectivity index (χ2n) is 5.12. The largest absolute Gasteiger partial charge is 0.478 e. The van der Waals surface area contributed by atoms with Crippen molar-refractivity contribution >= 4 is 40.8 Å². The SMILES string of the molecule is CC1CCCC1C(=O)Nc1c(Cl)cc(C(=O)O)cc1Cl. The lowest BCUT2D eigenvalue weighted by atomic mass is 9.97. The maximum atomic E-state index is 12.2. The molecule has 1 aliphatic carbocycles. The van der Waals surface area contributed by atoms with Crippen molar-refractivity contribution in [1.82, 2.24) is 0 Å². The summed E-state index contributed by atoms with van der Waals surface area (Å²) in [5.41, 5.74) is 0.273. The Morgan fingerprint density at radius 3 is 2.30 bits per heavy atom. The molecule has 1 aromatic rings. The van der Waals surface area contributed by atoms with Gasteiger partial charge >= 0.3 is 5.97 Å². The maximum absolute atomic E-state index is 12.2. The predicted octanol–water partition coefficient (Wildman–Crippen LogP) is 4.07. The first-order valence-electron chi connectivity index (χ1n) is 6.43. The number of hydrogen-bond acceptors (Lipinski definition) is 2. The van der Waals surface area contributed by atoms with E-state index in [4.69, 9.17) is 28.3 Å². The smallest absolute Gasteiger partial charge is 0.335 e. The van der Waals surface area contributed by atoms with Crippen LogP contribution in [0.5, 0.6) is 0 Å². The van der Waals surface area contributed by atoms with Crippen molar-refractivity contribution in [2.45, 2.75) is 26.2 Å². The number of rotatable bonds is 3.